The zero-order chi connectivity index (χ0) is 22.8. The summed E-state index contributed by atoms with van der Waals surface area (Å²) in [6.07, 6.45) is 0. The maximum Gasteiger partial charge on any atom is 0.334 e. The molecule has 9 nitrogen and oxygen atoms in total. The van der Waals surface area contributed by atoms with Gasteiger partial charge in [0.1, 0.15) is 0 Å². The molecule has 30 heavy (non-hydrogen) atoms. The molecule has 1 aliphatic rings. The van der Waals surface area contributed by atoms with Crippen molar-refractivity contribution in [2.24, 2.45) is 5.92 Å². The van der Waals surface area contributed by atoms with Crippen molar-refractivity contribution in [1.29, 1.82) is 0 Å². The molecule has 0 atom stereocenters. The average Bonchev–Trinajstić information content (AvgIpc) is 2.66. The summed E-state index contributed by atoms with van der Waals surface area (Å²) in [6.45, 7) is 7.21. The van der Waals surface area contributed by atoms with E-state index in [-0.39, 0.29) is 35.5 Å². The third-order valence-electron chi connectivity index (χ3n) is 5.65. The number of carboxylic acid groups (broad SMARTS) is 2. The van der Waals surface area contributed by atoms with Crippen LogP contribution >= 0.6 is 0 Å². The Labute approximate surface area is 174 Å². The number of ether oxygens (including phenoxy) is 1. The predicted molar refractivity (Wildman–Crippen MR) is 109 cm³/mol. The first kappa shape index (κ1) is 23.1. The van der Waals surface area contributed by atoms with E-state index in [0.29, 0.717) is 11.4 Å². The zero-order valence-corrected chi connectivity index (χ0v) is 17.6. The average molecular weight is 418 g/mol. The predicted octanol–water partition coefficient (Wildman–Crippen LogP) is 3.17. The van der Waals surface area contributed by atoms with Crippen LogP contribution in [-0.4, -0.2) is 52.2 Å². The first-order chi connectivity index (χ1) is 14.0. The van der Waals surface area contributed by atoms with E-state index in [1.54, 1.807) is 38.7 Å². The molecule has 9 heteroatoms. The lowest BCUT2D eigenvalue weighted by atomic mass is 9.59. The van der Waals surface area contributed by atoms with Gasteiger partial charge in [0.05, 0.1) is 28.1 Å². The van der Waals surface area contributed by atoms with E-state index in [0.717, 1.165) is 0 Å². The topological polar surface area (TPSA) is 130 Å². The third kappa shape index (κ3) is 3.56. The highest BCUT2D eigenvalue weighted by molar-refractivity contribution is 6.01. The Bertz CT molecular complexity index is 908. The molecule has 0 radical (unpaired) electrons. The van der Waals surface area contributed by atoms with Crippen molar-refractivity contribution >= 4 is 17.6 Å². The van der Waals surface area contributed by atoms with Crippen LogP contribution in [0.4, 0.5) is 5.69 Å². The number of nitro benzene ring substituents is 1. The fraction of sp³-hybridized carbons (Fsp3) is 0.429. The Kier molecular flexibility index (Phi) is 6.66. The molecule has 0 amide bonds. The van der Waals surface area contributed by atoms with Gasteiger partial charge in [-0.25, -0.2) is 9.59 Å². The minimum absolute atomic E-state index is 0.114. The van der Waals surface area contributed by atoms with Crippen LogP contribution in [0.5, 0.6) is 0 Å². The number of non-ortho nitro benzene ring substituents is 1. The van der Waals surface area contributed by atoms with Gasteiger partial charge in [-0.05, 0) is 25.3 Å². The number of aliphatic carboxylic acids is 2. The number of nitrogens with zero attached hydrogens (tertiary/aromatic N) is 2. The van der Waals surface area contributed by atoms with Gasteiger partial charge in [0, 0.05) is 37.2 Å². The molecule has 0 spiro atoms. The van der Waals surface area contributed by atoms with Crippen LogP contribution in [0, 0.1) is 16.0 Å². The second-order valence-electron chi connectivity index (χ2n) is 7.45. The SMILES string of the molecule is COCCN1C(C)=C(C(=O)O)C(c2cccc([N+](=O)[O-])c2)(C(C)C)C(C(=O)O)=C1C. The number of benzene rings is 1. The van der Waals surface area contributed by atoms with Crippen molar-refractivity contribution in [3.63, 3.8) is 0 Å². The molecule has 0 saturated carbocycles. The molecule has 162 valence electrons. The van der Waals surface area contributed by atoms with Crippen molar-refractivity contribution in [3.05, 3.63) is 62.5 Å². The van der Waals surface area contributed by atoms with Crippen LogP contribution in [0.1, 0.15) is 33.3 Å². The lowest BCUT2D eigenvalue weighted by molar-refractivity contribution is -0.385. The molecule has 1 aromatic rings. The number of methoxy groups -OCH3 is 1. The minimum Gasteiger partial charge on any atom is -0.478 e. The lowest BCUT2D eigenvalue weighted by Gasteiger charge is -2.47. The van der Waals surface area contributed by atoms with E-state index in [1.807, 2.05) is 0 Å². The molecule has 1 aromatic carbocycles. The summed E-state index contributed by atoms with van der Waals surface area (Å²) in [5.74, 6) is -3.08. The van der Waals surface area contributed by atoms with E-state index in [1.165, 1.54) is 25.3 Å². The minimum atomic E-state index is -1.58. The largest absolute Gasteiger partial charge is 0.478 e. The van der Waals surface area contributed by atoms with Gasteiger partial charge in [0.2, 0.25) is 0 Å². The summed E-state index contributed by atoms with van der Waals surface area (Å²) < 4.78 is 5.10. The highest BCUT2D eigenvalue weighted by Gasteiger charge is 2.54. The monoisotopic (exact) mass is 418 g/mol. The number of rotatable bonds is 8. The Morgan fingerprint density at radius 1 is 1.17 bits per heavy atom. The van der Waals surface area contributed by atoms with E-state index in [9.17, 15) is 29.9 Å². The number of hydrogen-bond acceptors (Lipinski definition) is 6. The van der Waals surface area contributed by atoms with Gasteiger partial charge < -0.3 is 19.8 Å². The van der Waals surface area contributed by atoms with Crippen LogP contribution in [0.25, 0.3) is 0 Å². The van der Waals surface area contributed by atoms with E-state index in [2.05, 4.69) is 0 Å². The van der Waals surface area contributed by atoms with Crippen molar-refractivity contribution in [3.8, 4) is 0 Å². The zero-order valence-electron chi connectivity index (χ0n) is 17.6. The summed E-state index contributed by atoms with van der Waals surface area (Å²) in [7, 11) is 1.50. The quantitative estimate of drug-likeness (QED) is 0.486. The second-order valence-corrected chi connectivity index (χ2v) is 7.45. The summed E-state index contributed by atoms with van der Waals surface area (Å²) in [4.78, 5) is 37.4. The molecule has 2 rings (SSSR count). The van der Waals surface area contributed by atoms with Gasteiger partial charge in [-0.1, -0.05) is 26.0 Å². The van der Waals surface area contributed by atoms with Gasteiger partial charge >= 0.3 is 11.9 Å². The van der Waals surface area contributed by atoms with Crippen molar-refractivity contribution in [1.82, 2.24) is 4.90 Å². The van der Waals surface area contributed by atoms with E-state index < -0.39 is 28.2 Å². The molecule has 0 aromatic heterocycles. The summed E-state index contributed by atoms with van der Waals surface area (Å²) in [5, 5.41) is 31.8. The smallest absolute Gasteiger partial charge is 0.334 e. The van der Waals surface area contributed by atoms with Gasteiger partial charge in [-0.2, -0.15) is 0 Å². The normalized spacial score (nSPS) is 16.3. The first-order valence-electron chi connectivity index (χ1n) is 9.42. The number of carboxylic acids is 2. The Balaban J connectivity index is 3.01. The molecule has 1 aliphatic heterocycles. The number of hydrogen-bond donors (Lipinski definition) is 2. The first-order valence-corrected chi connectivity index (χ1v) is 9.42. The summed E-state index contributed by atoms with van der Waals surface area (Å²) >= 11 is 0. The standard InChI is InChI=1S/C21H26N2O7/c1-12(2)21(15-7-6-8-16(11-15)23(28)29)17(19(24)25)13(3)22(9-10-30-5)14(4)18(21)20(26)27/h6-8,11-12H,9-10H2,1-5H3,(H,24,25)(H,26,27). The van der Waals surface area contributed by atoms with Gasteiger partial charge in [-0.3, -0.25) is 10.1 Å². The van der Waals surface area contributed by atoms with Crippen LogP contribution in [0.15, 0.2) is 46.8 Å². The van der Waals surface area contributed by atoms with Gasteiger partial charge in [0.25, 0.3) is 5.69 Å². The fourth-order valence-electron chi connectivity index (χ4n) is 4.45. The van der Waals surface area contributed by atoms with Crippen molar-refractivity contribution in [2.75, 3.05) is 20.3 Å². The molecular weight excluding hydrogens is 392 g/mol. The van der Waals surface area contributed by atoms with Crippen LogP contribution in [-0.2, 0) is 19.7 Å². The molecule has 0 aliphatic carbocycles. The molecular formula is C21H26N2O7. The molecule has 2 N–H and O–H groups in total. The third-order valence-corrected chi connectivity index (χ3v) is 5.65. The van der Waals surface area contributed by atoms with E-state index >= 15 is 0 Å². The van der Waals surface area contributed by atoms with Gasteiger partial charge in [0.15, 0.2) is 0 Å². The maximum absolute atomic E-state index is 12.5. The lowest BCUT2D eigenvalue weighted by Crippen LogP contribution is -2.49. The molecule has 0 fully saturated rings. The molecule has 1 heterocycles. The van der Waals surface area contributed by atoms with Crippen LogP contribution in [0.3, 0.4) is 0 Å². The highest BCUT2D eigenvalue weighted by Crippen LogP contribution is 2.52. The Morgan fingerprint density at radius 3 is 2.10 bits per heavy atom. The Hall–Kier alpha value is -3.20. The maximum atomic E-state index is 12.5. The molecule has 0 bridgehead atoms. The number of carbonyl (C=O) groups is 2. The van der Waals surface area contributed by atoms with Crippen molar-refractivity contribution in [2.45, 2.75) is 33.1 Å². The van der Waals surface area contributed by atoms with Crippen LogP contribution < -0.4 is 0 Å². The summed E-state index contributed by atoms with van der Waals surface area (Å²) in [6, 6.07) is 5.54. The Morgan fingerprint density at radius 2 is 1.70 bits per heavy atom. The summed E-state index contributed by atoms with van der Waals surface area (Å²) in [5.41, 5.74) is -1.04. The second kappa shape index (κ2) is 8.66. The van der Waals surface area contributed by atoms with Crippen molar-refractivity contribution < 1.29 is 29.5 Å². The van der Waals surface area contributed by atoms with E-state index in [4.69, 9.17) is 4.74 Å². The van der Waals surface area contributed by atoms with Gasteiger partial charge in [-0.15, -0.1) is 0 Å². The molecule has 0 unspecified atom stereocenters. The fourth-order valence-corrected chi connectivity index (χ4v) is 4.45. The highest BCUT2D eigenvalue weighted by atomic mass is 16.6. The number of allylic oxidation sites excluding steroid dienone is 2. The van der Waals surface area contributed by atoms with Crippen LogP contribution in [0.2, 0.25) is 0 Å². The number of nitro groups is 1. The molecule has 0 saturated heterocycles.